The maximum atomic E-state index is 12.0. The Morgan fingerprint density at radius 3 is 2.75 bits per heavy atom. The van der Waals surface area contributed by atoms with Crippen molar-refractivity contribution in [2.45, 2.75) is 45.7 Å². The van der Waals surface area contributed by atoms with Gasteiger partial charge in [-0.3, -0.25) is 4.79 Å². The molecule has 1 saturated carbocycles. The molecule has 8 nitrogen and oxygen atoms in total. The molecule has 1 atom stereocenters. The molecule has 0 bridgehead atoms. The van der Waals surface area contributed by atoms with Crippen molar-refractivity contribution in [3.63, 3.8) is 0 Å². The van der Waals surface area contributed by atoms with Crippen molar-refractivity contribution < 1.29 is 4.79 Å². The lowest BCUT2D eigenvalue weighted by molar-refractivity contribution is -0.117. The van der Waals surface area contributed by atoms with Gasteiger partial charge in [-0.2, -0.15) is 4.98 Å². The van der Waals surface area contributed by atoms with E-state index in [4.69, 9.17) is 0 Å². The first-order chi connectivity index (χ1) is 13.5. The average Bonchev–Trinajstić information content (AvgIpc) is 2.65. The molecule has 28 heavy (non-hydrogen) atoms. The van der Waals surface area contributed by atoms with Gasteiger partial charge >= 0.3 is 0 Å². The Morgan fingerprint density at radius 2 is 2.07 bits per heavy atom. The van der Waals surface area contributed by atoms with Gasteiger partial charge in [-0.05, 0) is 44.2 Å². The first-order valence-electron chi connectivity index (χ1n) is 9.86. The first kappa shape index (κ1) is 18.5. The summed E-state index contributed by atoms with van der Waals surface area (Å²) in [6.07, 6.45) is 5.88. The molecule has 1 amide bonds. The van der Waals surface area contributed by atoms with Gasteiger partial charge in [0.1, 0.15) is 17.5 Å². The van der Waals surface area contributed by atoms with Gasteiger partial charge in [-0.1, -0.05) is 12.5 Å². The molecule has 0 saturated heterocycles. The number of rotatable bonds is 6. The molecule has 2 aromatic rings. The highest BCUT2D eigenvalue weighted by Gasteiger charge is 2.30. The van der Waals surface area contributed by atoms with Crippen LogP contribution in [0.2, 0.25) is 0 Å². The first-order valence-corrected chi connectivity index (χ1v) is 9.86. The summed E-state index contributed by atoms with van der Waals surface area (Å²) in [7, 11) is 1.87. The molecule has 3 heterocycles. The third-order valence-corrected chi connectivity index (χ3v) is 5.69. The Balaban J connectivity index is 1.39. The monoisotopic (exact) mass is 381 g/mol. The minimum atomic E-state index is -0.265. The van der Waals surface area contributed by atoms with Gasteiger partial charge in [-0.15, -0.1) is 0 Å². The quantitative estimate of drug-likeness (QED) is 0.708. The Kier molecular flexibility index (Phi) is 5.02. The van der Waals surface area contributed by atoms with Gasteiger partial charge in [0, 0.05) is 26.3 Å². The van der Waals surface area contributed by atoms with Gasteiger partial charge < -0.3 is 20.9 Å². The fourth-order valence-electron chi connectivity index (χ4n) is 3.39. The predicted octanol–water partition coefficient (Wildman–Crippen LogP) is 2.78. The van der Waals surface area contributed by atoms with E-state index in [1.165, 1.54) is 19.3 Å². The van der Waals surface area contributed by atoms with E-state index in [1.807, 2.05) is 38.1 Å². The lowest BCUT2D eigenvalue weighted by atomic mass is 9.85. The molecular formula is C20H27N7O. The van der Waals surface area contributed by atoms with Gasteiger partial charge in [-0.25, -0.2) is 9.97 Å². The Morgan fingerprint density at radius 1 is 1.25 bits per heavy atom. The third kappa shape index (κ3) is 3.72. The van der Waals surface area contributed by atoms with Crippen molar-refractivity contribution in [3.8, 4) is 0 Å². The second-order valence-electron chi connectivity index (χ2n) is 7.69. The van der Waals surface area contributed by atoms with Crippen molar-refractivity contribution in [1.29, 1.82) is 0 Å². The van der Waals surface area contributed by atoms with Crippen LogP contribution < -0.4 is 20.9 Å². The van der Waals surface area contributed by atoms with Crippen molar-refractivity contribution in [2.75, 3.05) is 34.4 Å². The minimum absolute atomic E-state index is 0.0421. The maximum absolute atomic E-state index is 12.0. The van der Waals surface area contributed by atoms with Crippen LogP contribution in [-0.4, -0.2) is 40.5 Å². The Labute approximate surface area is 165 Å². The van der Waals surface area contributed by atoms with E-state index in [-0.39, 0.29) is 11.9 Å². The van der Waals surface area contributed by atoms with E-state index < -0.39 is 0 Å². The summed E-state index contributed by atoms with van der Waals surface area (Å²) in [5, 5.41) is 9.56. The molecule has 8 heteroatoms. The van der Waals surface area contributed by atoms with Crippen LogP contribution in [0.25, 0.3) is 0 Å². The summed E-state index contributed by atoms with van der Waals surface area (Å²) in [6.45, 7) is 5.32. The zero-order valence-corrected chi connectivity index (χ0v) is 16.6. The summed E-state index contributed by atoms with van der Waals surface area (Å²) < 4.78 is 0. The number of nitrogens with one attached hydrogen (secondary N) is 3. The Bertz CT molecular complexity index is 864. The number of aryl methyl sites for hydroxylation is 1. The highest BCUT2D eigenvalue weighted by atomic mass is 16.2. The number of likely N-dealkylation sites (N-methyl/N-ethyl adjacent to an activating group) is 1. The van der Waals surface area contributed by atoms with Crippen LogP contribution in [0, 0.1) is 12.8 Å². The maximum Gasteiger partial charge on any atom is 0.246 e. The minimum Gasteiger partial charge on any atom is -0.370 e. The summed E-state index contributed by atoms with van der Waals surface area (Å²) >= 11 is 0. The summed E-state index contributed by atoms with van der Waals surface area (Å²) in [4.78, 5) is 27.5. The molecule has 148 valence electrons. The highest BCUT2D eigenvalue weighted by molar-refractivity contribution is 6.03. The number of nitrogens with zero attached hydrogens (tertiary/aromatic N) is 4. The van der Waals surface area contributed by atoms with Gasteiger partial charge in [0.15, 0.2) is 5.82 Å². The van der Waals surface area contributed by atoms with E-state index in [2.05, 4.69) is 37.0 Å². The van der Waals surface area contributed by atoms with Crippen LogP contribution in [0.1, 0.15) is 37.4 Å². The number of aromatic nitrogens is 3. The molecule has 0 radical (unpaired) electrons. The molecule has 0 spiro atoms. The summed E-state index contributed by atoms with van der Waals surface area (Å²) in [5.74, 6) is 2.95. The molecule has 1 aliphatic carbocycles. The number of carbonyl (C=O) groups is 1. The topological polar surface area (TPSA) is 95.1 Å². The van der Waals surface area contributed by atoms with Crippen molar-refractivity contribution in [2.24, 2.45) is 5.92 Å². The van der Waals surface area contributed by atoms with Crippen LogP contribution in [-0.2, 0) is 11.3 Å². The zero-order valence-electron chi connectivity index (χ0n) is 16.6. The number of fused-ring (bicyclic) bond motifs is 1. The normalized spacial score (nSPS) is 18.9. The van der Waals surface area contributed by atoms with E-state index in [0.717, 1.165) is 35.4 Å². The smallest absolute Gasteiger partial charge is 0.246 e. The second kappa shape index (κ2) is 7.61. The van der Waals surface area contributed by atoms with Crippen LogP contribution in [0.4, 0.5) is 23.3 Å². The lowest BCUT2D eigenvalue weighted by Crippen LogP contribution is -2.44. The molecule has 1 fully saturated rings. The van der Waals surface area contributed by atoms with Crippen molar-refractivity contribution >= 4 is 29.2 Å². The highest BCUT2D eigenvalue weighted by Crippen LogP contribution is 2.32. The van der Waals surface area contributed by atoms with Crippen LogP contribution in [0.15, 0.2) is 18.3 Å². The molecule has 4 rings (SSSR count). The van der Waals surface area contributed by atoms with Gasteiger partial charge in [0.2, 0.25) is 11.9 Å². The van der Waals surface area contributed by atoms with E-state index in [9.17, 15) is 4.79 Å². The summed E-state index contributed by atoms with van der Waals surface area (Å²) in [6, 6.07) is 3.81. The van der Waals surface area contributed by atoms with Crippen molar-refractivity contribution in [1.82, 2.24) is 15.0 Å². The predicted molar refractivity (Wildman–Crippen MR) is 111 cm³/mol. The number of amides is 1. The van der Waals surface area contributed by atoms with Crippen molar-refractivity contribution in [3.05, 3.63) is 29.6 Å². The molecule has 3 N–H and O–H groups in total. The zero-order chi connectivity index (χ0) is 19.7. The average molecular weight is 381 g/mol. The van der Waals surface area contributed by atoms with Crippen LogP contribution >= 0.6 is 0 Å². The number of pyridine rings is 1. The SMILES string of the molecule is Cc1nc(NCc2ccc(NCC3CCC3)nc2)nc2c1NC(=O)C(C)N2C. The fourth-order valence-corrected chi connectivity index (χ4v) is 3.39. The van der Waals surface area contributed by atoms with E-state index >= 15 is 0 Å². The van der Waals surface area contributed by atoms with E-state index in [0.29, 0.717) is 18.2 Å². The number of carbonyl (C=O) groups excluding carboxylic acids is 1. The molecule has 2 aliphatic rings. The van der Waals surface area contributed by atoms with E-state index in [1.54, 1.807) is 0 Å². The van der Waals surface area contributed by atoms with Crippen LogP contribution in [0.5, 0.6) is 0 Å². The van der Waals surface area contributed by atoms with Gasteiger partial charge in [0.25, 0.3) is 0 Å². The molecule has 1 aliphatic heterocycles. The fraction of sp³-hybridized carbons (Fsp3) is 0.500. The summed E-state index contributed by atoms with van der Waals surface area (Å²) in [5.41, 5.74) is 2.48. The number of hydrogen-bond donors (Lipinski definition) is 3. The van der Waals surface area contributed by atoms with Crippen LogP contribution in [0.3, 0.4) is 0 Å². The number of hydrogen-bond acceptors (Lipinski definition) is 7. The molecule has 2 aromatic heterocycles. The third-order valence-electron chi connectivity index (χ3n) is 5.69. The number of anilines is 4. The Hall–Kier alpha value is -2.90. The largest absolute Gasteiger partial charge is 0.370 e. The molecular weight excluding hydrogens is 354 g/mol. The standard InChI is InChI=1S/C20H27N7O/c1-12-17-18(27(3)13(2)19(28)25-17)26-20(24-12)23-11-15-7-8-16(22-10-15)21-9-14-5-4-6-14/h7-8,10,13-14H,4-6,9,11H2,1-3H3,(H,21,22)(H,25,28)(H,23,24,26). The molecule has 1 unspecified atom stereocenters. The van der Waals surface area contributed by atoms with Gasteiger partial charge in [0.05, 0.1) is 5.69 Å². The molecule has 0 aromatic carbocycles. The second-order valence-corrected chi connectivity index (χ2v) is 7.69. The lowest BCUT2D eigenvalue weighted by Gasteiger charge is -2.32.